The van der Waals surface area contributed by atoms with Crippen LogP contribution in [0.3, 0.4) is 0 Å². The molecule has 1 N–H and O–H groups in total. The average Bonchev–Trinajstić information content (AvgIpc) is 3.89. The standard InChI is InChI=1S/C25H24BrCl2NO3S.C18H22BrNO2S.C7H3Cl3O.CH2Cl2/c1-25(2,3)32-24(31)21(13-16-7-5-4-6-8-16)29(15-22-19(26)11-12-33-22)23(30)18-10-9-17(27)14-20(18)28;1-18(2,3)22-17(21)15(11-13-7-5-4-6-8-13)20-12-16-14(19)9-10-23-16;8-4-1-2-5(7(10)11)6(9)3-4;2-1-3/h4-12,14,21H,13,15H2,1-3H3;4-10,15,20H,11-12H2,1-3H3;1-3H;1H2/t21-;15-;;/m00../s1. The third kappa shape index (κ3) is 22.2. The van der Waals surface area contributed by atoms with Crippen LogP contribution in [0.15, 0.2) is 129 Å². The molecule has 0 saturated heterocycles. The molecule has 19 heteroatoms. The van der Waals surface area contributed by atoms with E-state index in [9.17, 15) is 19.2 Å². The highest BCUT2D eigenvalue weighted by atomic mass is 79.9. The average molecular weight is 1260 g/mol. The molecule has 4 aromatic carbocycles. The molecule has 6 aromatic rings. The number of hydrogen-bond acceptors (Lipinski definition) is 9. The molecule has 6 rings (SSSR count). The van der Waals surface area contributed by atoms with Gasteiger partial charge in [0.2, 0.25) is 0 Å². The predicted octanol–water partition coefficient (Wildman–Crippen LogP) is 16.8. The van der Waals surface area contributed by atoms with Crippen LogP contribution in [0, 0.1) is 0 Å². The van der Waals surface area contributed by atoms with E-state index in [0.29, 0.717) is 29.4 Å². The number of rotatable bonds is 14. The van der Waals surface area contributed by atoms with Crippen molar-refractivity contribution in [3.63, 3.8) is 0 Å². The molecule has 2 atom stereocenters. The van der Waals surface area contributed by atoms with E-state index in [0.717, 1.165) is 24.9 Å². The van der Waals surface area contributed by atoms with E-state index in [1.165, 1.54) is 39.3 Å². The van der Waals surface area contributed by atoms with Crippen molar-refractivity contribution in [3.8, 4) is 0 Å². The Hall–Kier alpha value is -2.69. The third-order valence-corrected chi connectivity index (χ3v) is 14.2. The fraction of sp³-hybridized carbons (Fsp3) is 0.294. The highest BCUT2D eigenvalue weighted by Crippen LogP contribution is 2.30. The molecule has 0 aliphatic heterocycles. The Kier molecular flexibility index (Phi) is 26.8. The Morgan fingerprint density at radius 2 is 1.07 bits per heavy atom. The first kappa shape index (κ1) is 61.6. The molecular weight excluding hydrogens is 1210 g/mol. The molecule has 70 heavy (non-hydrogen) atoms. The first-order chi connectivity index (χ1) is 32.9. The molecule has 0 saturated carbocycles. The lowest BCUT2D eigenvalue weighted by atomic mass is 10.0. The molecule has 1 amide bonds. The van der Waals surface area contributed by atoms with Gasteiger partial charge in [0.15, 0.2) is 0 Å². The van der Waals surface area contributed by atoms with E-state index in [4.69, 9.17) is 90.7 Å². The summed E-state index contributed by atoms with van der Waals surface area (Å²) in [6.45, 7) is 11.9. The van der Waals surface area contributed by atoms with Gasteiger partial charge < -0.3 is 14.4 Å². The van der Waals surface area contributed by atoms with Crippen LogP contribution >= 0.6 is 136 Å². The second-order valence-corrected chi connectivity index (χ2v) is 23.4. The number of esters is 2. The number of amides is 1. The second-order valence-electron chi connectivity index (χ2n) is 16.8. The van der Waals surface area contributed by atoms with Crippen LogP contribution in [0.2, 0.25) is 20.1 Å². The van der Waals surface area contributed by atoms with Crippen LogP contribution in [-0.4, -0.2) is 56.6 Å². The Morgan fingerprint density at radius 3 is 1.50 bits per heavy atom. The molecule has 0 aliphatic carbocycles. The van der Waals surface area contributed by atoms with E-state index in [1.54, 1.807) is 29.5 Å². The minimum Gasteiger partial charge on any atom is -0.459 e. The lowest BCUT2D eigenvalue weighted by Gasteiger charge is -2.33. The van der Waals surface area contributed by atoms with Gasteiger partial charge in [-0.05, 0) is 162 Å². The predicted molar refractivity (Wildman–Crippen MR) is 300 cm³/mol. The van der Waals surface area contributed by atoms with Gasteiger partial charge >= 0.3 is 11.9 Å². The van der Waals surface area contributed by atoms with Crippen molar-refractivity contribution in [3.05, 3.63) is 181 Å². The zero-order valence-electron chi connectivity index (χ0n) is 38.9. The summed E-state index contributed by atoms with van der Waals surface area (Å²) in [5, 5.41) is 8.33. The van der Waals surface area contributed by atoms with Crippen LogP contribution < -0.4 is 5.32 Å². The van der Waals surface area contributed by atoms with Crippen molar-refractivity contribution in [1.29, 1.82) is 0 Å². The molecule has 0 fully saturated rings. The number of nitrogens with one attached hydrogen (secondary N) is 1. The lowest BCUT2D eigenvalue weighted by Crippen LogP contribution is -2.48. The fourth-order valence-electron chi connectivity index (χ4n) is 6.04. The van der Waals surface area contributed by atoms with Crippen LogP contribution in [-0.2, 0) is 45.0 Å². The van der Waals surface area contributed by atoms with E-state index in [1.807, 2.05) is 125 Å². The first-order valence-corrected chi connectivity index (χ1v) is 27.5. The van der Waals surface area contributed by atoms with E-state index in [-0.39, 0.29) is 51.0 Å². The van der Waals surface area contributed by atoms with Gasteiger partial charge in [-0.2, -0.15) is 0 Å². The third-order valence-electron chi connectivity index (χ3n) is 9.07. The summed E-state index contributed by atoms with van der Waals surface area (Å²) in [5.41, 5.74) is 1.38. The number of alkyl halides is 2. The van der Waals surface area contributed by atoms with Crippen molar-refractivity contribution in [2.24, 2.45) is 0 Å². The Labute approximate surface area is 470 Å². The van der Waals surface area contributed by atoms with Crippen LogP contribution in [0.5, 0.6) is 0 Å². The zero-order valence-corrected chi connectivity index (χ0v) is 48.9. The number of carbonyl (C=O) groups is 4. The molecule has 0 bridgehead atoms. The molecule has 0 unspecified atom stereocenters. The van der Waals surface area contributed by atoms with Gasteiger partial charge in [-0.15, -0.1) is 45.9 Å². The van der Waals surface area contributed by atoms with Crippen LogP contribution in [0.25, 0.3) is 0 Å². The van der Waals surface area contributed by atoms with Crippen molar-refractivity contribution >= 4 is 159 Å². The number of carbonyl (C=O) groups excluding carboxylic acids is 4. The summed E-state index contributed by atoms with van der Waals surface area (Å²) in [5.74, 6) is -1.06. The number of hydrogen-bond donors (Lipinski definition) is 1. The number of benzene rings is 4. The van der Waals surface area contributed by atoms with Gasteiger partial charge in [0.05, 0.1) is 33.1 Å². The normalized spacial score (nSPS) is 11.8. The van der Waals surface area contributed by atoms with Crippen molar-refractivity contribution in [1.82, 2.24) is 10.2 Å². The van der Waals surface area contributed by atoms with Gasteiger partial charge in [-0.3, -0.25) is 19.7 Å². The summed E-state index contributed by atoms with van der Waals surface area (Å²) in [4.78, 5) is 54.0. The molecular formula is C51H51Br2Cl7N2O6S2. The smallest absolute Gasteiger partial charge is 0.329 e. The Morgan fingerprint density at radius 1 is 0.629 bits per heavy atom. The molecule has 376 valence electrons. The minimum absolute atomic E-state index is 0.194. The molecule has 0 spiro atoms. The Bertz CT molecular complexity index is 2610. The lowest BCUT2D eigenvalue weighted by molar-refractivity contribution is -0.161. The van der Waals surface area contributed by atoms with Crippen molar-refractivity contribution in [2.45, 2.75) is 90.8 Å². The molecule has 2 aromatic heterocycles. The highest BCUT2D eigenvalue weighted by Gasteiger charge is 2.35. The molecule has 0 radical (unpaired) electrons. The van der Waals surface area contributed by atoms with Gasteiger partial charge in [0.25, 0.3) is 11.1 Å². The topological polar surface area (TPSA) is 102 Å². The van der Waals surface area contributed by atoms with Gasteiger partial charge in [-0.25, -0.2) is 4.79 Å². The van der Waals surface area contributed by atoms with Crippen molar-refractivity contribution in [2.75, 3.05) is 5.34 Å². The zero-order chi connectivity index (χ0) is 52.2. The maximum Gasteiger partial charge on any atom is 0.329 e. The quantitative estimate of drug-likeness (QED) is 0.0658. The largest absolute Gasteiger partial charge is 0.459 e. The van der Waals surface area contributed by atoms with E-state index in [2.05, 4.69) is 37.2 Å². The maximum absolute atomic E-state index is 13.8. The van der Waals surface area contributed by atoms with Crippen LogP contribution in [0.1, 0.15) is 83.1 Å². The van der Waals surface area contributed by atoms with Gasteiger partial charge in [0, 0.05) is 41.7 Å². The van der Waals surface area contributed by atoms with Gasteiger partial charge in [0.1, 0.15) is 23.3 Å². The van der Waals surface area contributed by atoms with E-state index < -0.39 is 28.5 Å². The second kappa shape index (κ2) is 30.5. The minimum atomic E-state index is -0.861. The summed E-state index contributed by atoms with van der Waals surface area (Å²) in [6.07, 6.45) is 0.911. The highest BCUT2D eigenvalue weighted by molar-refractivity contribution is 9.10. The number of thiophene rings is 2. The summed E-state index contributed by atoms with van der Waals surface area (Å²) in [6, 6.07) is 31.5. The molecule has 0 aliphatic rings. The maximum atomic E-state index is 13.8. The van der Waals surface area contributed by atoms with Crippen molar-refractivity contribution < 1.29 is 28.7 Å². The molecule has 2 heterocycles. The first-order valence-electron chi connectivity index (χ1n) is 21.2. The summed E-state index contributed by atoms with van der Waals surface area (Å²) >= 11 is 48.6. The van der Waals surface area contributed by atoms with Crippen LogP contribution in [0.4, 0.5) is 0 Å². The summed E-state index contributed by atoms with van der Waals surface area (Å²) < 4.78 is 13.2. The SMILES string of the molecule is CC(C)(C)OC(=O)[C@H](Cc1ccccc1)N(Cc1sccc1Br)C(=O)c1ccc(Cl)cc1Cl.CC(C)(C)OC(=O)[C@H](Cc1ccccc1)NCc1sccc1Br.ClCCl.O=C(Cl)c1ccc(Cl)cc1Cl. The van der Waals surface area contributed by atoms with E-state index >= 15 is 0 Å². The number of ether oxygens (including phenoxy) is 2. The number of nitrogens with zero attached hydrogens (tertiary/aromatic N) is 1. The summed E-state index contributed by atoms with van der Waals surface area (Å²) in [7, 11) is 0. The monoisotopic (exact) mass is 1250 g/mol. The fourth-order valence-corrected chi connectivity index (χ4v) is 10.2. The Balaban J connectivity index is 0.000000301. The number of halogens is 9. The molecule has 8 nitrogen and oxygen atoms in total. The van der Waals surface area contributed by atoms with Gasteiger partial charge in [-0.1, -0.05) is 107 Å².